The molecule has 1 aliphatic heterocycles. The lowest BCUT2D eigenvalue weighted by atomic mass is 10.0. The molecule has 2 atom stereocenters. The zero-order valence-electron chi connectivity index (χ0n) is 16.7. The highest BCUT2D eigenvalue weighted by Crippen LogP contribution is 2.31. The number of aryl methyl sites for hydroxylation is 1. The van der Waals surface area contributed by atoms with Crippen LogP contribution in [0, 0.1) is 18.8 Å². The number of carbonyl (C=O) groups is 2. The largest absolute Gasteiger partial charge is 0.465 e. The molecule has 0 spiro atoms. The predicted molar refractivity (Wildman–Crippen MR) is 106 cm³/mol. The van der Waals surface area contributed by atoms with Crippen molar-refractivity contribution >= 4 is 27.6 Å². The van der Waals surface area contributed by atoms with Gasteiger partial charge in [-0.3, -0.25) is 9.69 Å². The molecule has 0 N–H and O–H groups in total. The molecule has 152 valence electrons. The Kier molecular flexibility index (Phi) is 6.40. The Labute approximate surface area is 165 Å². The molecule has 1 aromatic carbocycles. The molecule has 0 saturated carbocycles. The monoisotopic (exact) mass is 407 g/mol. The number of ether oxygens (including phenoxy) is 2. The highest BCUT2D eigenvalue weighted by Gasteiger charge is 2.49. The summed E-state index contributed by atoms with van der Waals surface area (Å²) >= 11 is 0. The van der Waals surface area contributed by atoms with E-state index in [1.165, 1.54) is 11.8 Å². The van der Waals surface area contributed by atoms with E-state index >= 15 is 0 Å². The summed E-state index contributed by atoms with van der Waals surface area (Å²) in [5.41, 5.74) is 2.40. The first kappa shape index (κ1) is 21.8. The maximum Gasteiger partial charge on any atom is 0.414 e. The number of esters is 1. The van der Waals surface area contributed by atoms with Gasteiger partial charge in [0.1, 0.15) is 6.10 Å². The van der Waals surface area contributed by atoms with Gasteiger partial charge in [0.15, 0.2) is 14.6 Å². The maximum absolute atomic E-state index is 12.3. The van der Waals surface area contributed by atoms with Crippen molar-refractivity contribution in [3.8, 4) is 11.8 Å². The number of hydrogen-bond acceptors (Lipinski definition) is 6. The fourth-order valence-electron chi connectivity index (χ4n) is 3.03. The Morgan fingerprint density at radius 2 is 2.11 bits per heavy atom. The van der Waals surface area contributed by atoms with Gasteiger partial charge in [0.05, 0.1) is 13.2 Å². The SMILES string of the molecule is CC#Cc1ccc(N2C[C@H](CC(C)(C(=O)OCC)S(C)(=O)=O)OC2=O)cc1C. The lowest BCUT2D eigenvalue weighted by Crippen LogP contribution is -2.47. The number of cyclic esters (lactones) is 1. The molecule has 1 fully saturated rings. The van der Waals surface area contributed by atoms with Crippen LogP contribution < -0.4 is 4.90 Å². The number of hydrogen-bond donors (Lipinski definition) is 0. The van der Waals surface area contributed by atoms with Crippen LogP contribution >= 0.6 is 0 Å². The average molecular weight is 407 g/mol. The number of carbonyl (C=O) groups excluding carboxylic acids is 2. The van der Waals surface area contributed by atoms with Crippen LogP contribution in [0.25, 0.3) is 0 Å². The smallest absolute Gasteiger partial charge is 0.414 e. The molecule has 0 aromatic heterocycles. The van der Waals surface area contributed by atoms with Gasteiger partial charge in [-0.2, -0.15) is 0 Å². The van der Waals surface area contributed by atoms with Gasteiger partial charge in [0.25, 0.3) is 0 Å². The number of sulfone groups is 1. The fraction of sp³-hybridized carbons (Fsp3) is 0.500. The topological polar surface area (TPSA) is 90.0 Å². The first-order chi connectivity index (χ1) is 13.0. The Balaban J connectivity index is 2.25. The van der Waals surface area contributed by atoms with Crippen LogP contribution in [0.15, 0.2) is 18.2 Å². The second kappa shape index (κ2) is 8.23. The first-order valence-electron chi connectivity index (χ1n) is 8.92. The lowest BCUT2D eigenvalue weighted by molar-refractivity contribution is -0.146. The normalized spacial score (nSPS) is 18.7. The van der Waals surface area contributed by atoms with Crippen molar-refractivity contribution in [3.63, 3.8) is 0 Å². The van der Waals surface area contributed by atoms with Crippen LogP contribution in [-0.4, -0.2) is 50.7 Å². The van der Waals surface area contributed by atoms with Gasteiger partial charge in [-0.05, 0) is 51.5 Å². The summed E-state index contributed by atoms with van der Waals surface area (Å²) in [5.74, 6) is 4.98. The molecule has 1 aliphatic rings. The van der Waals surface area contributed by atoms with Crippen molar-refractivity contribution in [1.29, 1.82) is 0 Å². The number of rotatable bonds is 6. The van der Waals surface area contributed by atoms with E-state index in [1.54, 1.807) is 19.9 Å². The minimum Gasteiger partial charge on any atom is -0.465 e. The molecule has 1 heterocycles. The van der Waals surface area contributed by atoms with Gasteiger partial charge in [0.2, 0.25) is 0 Å². The van der Waals surface area contributed by atoms with E-state index in [9.17, 15) is 18.0 Å². The van der Waals surface area contributed by atoms with E-state index in [0.29, 0.717) is 5.69 Å². The summed E-state index contributed by atoms with van der Waals surface area (Å²) in [6.45, 7) is 6.75. The second-order valence-corrected chi connectivity index (χ2v) is 9.36. The second-order valence-electron chi connectivity index (χ2n) is 6.92. The van der Waals surface area contributed by atoms with Gasteiger partial charge in [0, 0.05) is 23.9 Å². The van der Waals surface area contributed by atoms with Crippen LogP contribution in [0.1, 0.15) is 38.3 Å². The van der Waals surface area contributed by atoms with Gasteiger partial charge in [-0.1, -0.05) is 5.92 Å². The summed E-state index contributed by atoms with van der Waals surface area (Å²) in [6.07, 6.45) is -0.536. The van der Waals surface area contributed by atoms with Crippen molar-refractivity contribution in [1.82, 2.24) is 0 Å². The maximum atomic E-state index is 12.3. The molecule has 1 aromatic rings. The van der Waals surface area contributed by atoms with E-state index in [-0.39, 0.29) is 19.6 Å². The molecule has 1 saturated heterocycles. The van der Waals surface area contributed by atoms with Gasteiger partial charge >= 0.3 is 12.1 Å². The third-order valence-electron chi connectivity index (χ3n) is 4.80. The van der Waals surface area contributed by atoms with Crippen LogP contribution in [0.2, 0.25) is 0 Å². The summed E-state index contributed by atoms with van der Waals surface area (Å²) in [7, 11) is -3.79. The van der Waals surface area contributed by atoms with Crippen molar-refractivity contribution in [2.75, 3.05) is 24.3 Å². The van der Waals surface area contributed by atoms with Gasteiger partial charge < -0.3 is 9.47 Å². The first-order valence-corrected chi connectivity index (χ1v) is 10.8. The lowest BCUT2D eigenvalue weighted by Gasteiger charge is -2.27. The summed E-state index contributed by atoms with van der Waals surface area (Å²) in [5, 5.41) is 0. The molecule has 0 radical (unpaired) electrons. The van der Waals surface area contributed by atoms with Crippen LogP contribution in [0.4, 0.5) is 10.5 Å². The molecule has 0 aliphatic carbocycles. The number of anilines is 1. The minimum absolute atomic E-state index is 0.0623. The van der Waals surface area contributed by atoms with Crippen LogP contribution in [-0.2, 0) is 24.1 Å². The number of amides is 1. The number of benzene rings is 1. The number of nitrogens with zero attached hydrogens (tertiary/aromatic N) is 1. The molecule has 8 heteroatoms. The van der Waals surface area contributed by atoms with Gasteiger partial charge in [-0.15, -0.1) is 5.92 Å². The van der Waals surface area contributed by atoms with Crippen molar-refractivity contribution in [3.05, 3.63) is 29.3 Å². The zero-order valence-corrected chi connectivity index (χ0v) is 17.6. The van der Waals surface area contributed by atoms with Gasteiger partial charge in [-0.25, -0.2) is 13.2 Å². The molecular weight excluding hydrogens is 382 g/mol. The Bertz CT molecular complexity index is 943. The van der Waals surface area contributed by atoms with E-state index < -0.39 is 32.8 Å². The average Bonchev–Trinajstić information content (AvgIpc) is 2.96. The standard InChI is InChI=1S/C20H25NO6S/c1-6-8-15-9-10-16(11-14(15)3)21-13-17(27-19(21)23)12-20(4,28(5,24)25)18(22)26-7-2/h9-11,17H,7,12-13H2,1-5H3/t17-,20?/m0/s1. The molecule has 2 rings (SSSR count). The third kappa shape index (κ3) is 4.30. The van der Waals surface area contributed by atoms with Crippen molar-refractivity contribution < 1.29 is 27.5 Å². The van der Waals surface area contributed by atoms with E-state index in [4.69, 9.17) is 9.47 Å². The molecule has 1 unspecified atom stereocenters. The highest BCUT2D eigenvalue weighted by molar-refractivity contribution is 7.92. The van der Waals surface area contributed by atoms with Crippen molar-refractivity contribution in [2.45, 2.75) is 45.0 Å². The fourth-order valence-corrected chi connectivity index (χ4v) is 3.88. The van der Waals surface area contributed by atoms with Crippen molar-refractivity contribution in [2.24, 2.45) is 0 Å². The molecule has 28 heavy (non-hydrogen) atoms. The van der Waals surface area contributed by atoms with E-state index in [1.807, 2.05) is 19.1 Å². The third-order valence-corrected chi connectivity index (χ3v) is 6.77. The summed E-state index contributed by atoms with van der Waals surface area (Å²) < 4.78 is 33.0. The predicted octanol–water partition coefficient (Wildman–Crippen LogP) is 2.45. The molecular formula is C20H25NO6S. The molecule has 1 amide bonds. The zero-order chi connectivity index (χ0) is 21.1. The summed E-state index contributed by atoms with van der Waals surface area (Å²) in [4.78, 5) is 26.1. The van der Waals surface area contributed by atoms with E-state index in [0.717, 1.165) is 17.4 Å². The Hall–Kier alpha value is -2.53. The Morgan fingerprint density at radius 3 is 2.64 bits per heavy atom. The molecule has 7 nitrogen and oxygen atoms in total. The highest BCUT2D eigenvalue weighted by atomic mass is 32.2. The van der Waals surface area contributed by atoms with Crippen LogP contribution in [0.3, 0.4) is 0 Å². The Morgan fingerprint density at radius 1 is 1.43 bits per heavy atom. The summed E-state index contributed by atoms with van der Waals surface area (Å²) in [6, 6.07) is 5.41. The molecule has 0 bridgehead atoms. The van der Waals surface area contributed by atoms with Crippen LogP contribution in [0.5, 0.6) is 0 Å². The quantitative estimate of drug-likeness (QED) is 0.531. The minimum atomic E-state index is -3.79. The van der Waals surface area contributed by atoms with E-state index in [2.05, 4.69) is 11.8 Å².